The highest BCUT2D eigenvalue weighted by Crippen LogP contribution is 2.18. The number of sulfone groups is 1. The van der Waals surface area contributed by atoms with E-state index in [1.54, 1.807) is 11.9 Å². The molecule has 7 heteroatoms. The molecule has 0 aromatic heterocycles. The van der Waals surface area contributed by atoms with E-state index in [2.05, 4.69) is 12.2 Å². The summed E-state index contributed by atoms with van der Waals surface area (Å²) in [5.41, 5.74) is 2.15. The highest BCUT2D eigenvalue weighted by molar-refractivity contribution is 7.91. The van der Waals surface area contributed by atoms with Crippen molar-refractivity contribution in [1.29, 1.82) is 5.26 Å². The summed E-state index contributed by atoms with van der Waals surface area (Å²) in [4.78, 5) is 14.1. The third-order valence-corrected chi connectivity index (χ3v) is 6.47. The van der Waals surface area contributed by atoms with E-state index >= 15 is 0 Å². The molecule has 140 valence electrons. The third-order valence-electron chi connectivity index (χ3n) is 4.72. The average Bonchev–Trinajstić information content (AvgIpc) is 2.99. The molecule has 1 aromatic rings. The summed E-state index contributed by atoms with van der Waals surface area (Å²) >= 11 is 0. The average molecular weight is 375 g/mol. The second-order valence-corrected chi connectivity index (χ2v) is 8.90. The summed E-state index contributed by atoms with van der Waals surface area (Å²) < 4.78 is 23.2. The van der Waals surface area contributed by atoms with Crippen molar-refractivity contribution >= 4 is 15.7 Å². The van der Waals surface area contributed by atoms with Gasteiger partial charge < -0.3 is 10.2 Å². The van der Waals surface area contributed by atoms with E-state index in [1.165, 1.54) is 11.8 Å². The number of nitriles is 1. The van der Waals surface area contributed by atoms with Crippen molar-refractivity contribution in [2.75, 3.05) is 18.6 Å². The molecule has 0 radical (unpaired) electrons. The normalized spacial score (nSPS) is 20.2. The molecule has 1 N–H and O–H groups in total. The van der Waals surface area contributed by atoms with E-state index < -0.39 is 15.7 Å². The first kappa shape index (κ1) is 20.0. The summed E-state index contributed by atoms with van der Waals surface area (Å²) in [6, 6.07) is 9.45. The Morgan fingerprint density at radius 2 is 2.08 bits per heavy atom. The first-order valence-electron chi connectivity index (χ1n) is 8.69. The lowest BCUT2D eigenvalue weighted by molar-refractivity contribution is -0.117. The second-order valence-electron chi connectivity index (χ2n) is 6.67. The van der Waals surface area contributed by atoms with E-state index in [0.29, 0.717) is 6.42 Å². The number of benzene rings is 1. The predicted molar refractivity (Wildman–Crippen MR) is 101 cm³/mol. The van der Waals surface area contributed by atoms with Crippen LogP contribution in [0.3, 0.4) is 0 Å². The molecule has 1 fully saturated rings. The van der Waals surface area contributed by atoms with Gasteiger partial charge in [0.15, 0.2) is 9.84 Å². The van der Waals surface area contributed by atoms with Gasteiger partial charge in [-0.2, -0.15) is 5.26 Å². The third kappa shape index (κ3) is 5.09. The summed E-state index contributed by atoms with van der Waals surface area (Å²) in [5.74, 6) is -0.262. The Bertz CT molecular complexity index is 823. The number of hydrogen-bond acceptors (Lipinski definition) is 5. The van der Waals surface area contributed by atoms with Crippen LogP contribution in [-0.4, -0.2) is 43.8 Å². The molecule has 2 unspecified atom stereocenters. The van der Waals surface area contributed by atoms with E-state index in [9.17, 15) is 18.5 Å². The number of carbonyl (C=O) groups is 1. The summed E-state index contributed by atoms with van der Waals surface area (Å²) in [5, 5.41) is 12.1. The predicted octanol–water partition coefficient (Wildman–Crippen LogP) is 1.95. The molecule has 26 heavy (non-hydrogen) atoms. The van der Waals surface area contributed by atoms with Crippen LogP contribution in [0.25, 0.3) is 0 Å². The molecule has 6 nitrogen and oxygen atoms in total. The van der Waals surface area contributed by atoms with E-state index in [1.807, 2.05) is 37.3 Å². The summed E-state index contributed by atoms with van der Waals surface area (Å²) in [6.45, 7) is 3.94. The van der Waals surface area contributed by atoms with Gasteiger partial charge in [-0.15, -0.1) is 0 Å². The Kier molecular flexibility index (Phi) is 6.43. The van der Waals surface area contributed by atoms with Crippen molar-refractivity contribution < 1.29 is 13.2 Å². The minimum Gasteiger partial charge on any atom is -0.375 e. The van der Waals surface area contributed by atoms with Crippen LogP contribution in [0.4, 0.5) is 0 Å². The molecule has 1 aliphatic rings. The lowest BCUT2D eigenvalue weighted by Crippen LogP contribution is -2.32. The van der Waals surface area contributed by atoms with Gasteiger partial charge in [-0.25, -0.2) is 8.42 Å². The van der Waals surface area contributed by atoms with Gasteiger partial charge in [0.25, 0.3) is 5.91 Å². The molecule has 1 heterocycles. The van der Waals surface area contributed by atoms with Crippen molar-refractivity contribution in [3.8, 4) is 6.07 Å². The number of carbonyl (C=O) groups excluding carboxylic acids is 1. The van der Waals surface area contributed by atoms with E-state index in [0.717, 1.165) is 12.0 Å². The maximum absolute atomic E-state index is 12.4. The molecule has 1 aliphatic heterocycles. The Morgan fingerprint density at radius 1 is 1.42 bits per heavy atom. The Balaban J connectivity index is 2.04. The van der Waals surface area contributed by atoms with Gasteiger partial charge in [0.05, 0.1) is 17.5 Å². The number of nitrogens with one attached hydrogen (secondary N) is 1. The first-order valence-corrected chi connectivity index (χ1v) is 10.5. The van der Waals surface area contributed by atoms with Crippen LogP contribution in [-0.2, 0) is 21.1 Å². The molecule has 1 saturated heterocycles. The zero-order valence-corrected chi connectivity index (χ0v) is 16.2. The summed E-state index contributed by atoms with van der Waals surface area (Å²) in [6.07, 6.45) is 2.90. The van der Waals surface area contributed by atoms with Crippen molar-refractivity contribution in [2.24, 2.45) is 0 Å². The highest BCUT2D eigenvalue weighted by Gasteiger charge is 2.30. The number of amides is 1. The van der Waals surface area contributed by atoms with Crippen LogP contribution in [0, 0.1) is 11.3 Å². The molecule has 0 aliphatic carbocycles. The zero-order valence-electron chi connectivity index (χ0n) is 15.4. The molecule has 0 saturated carbocycles. The Labute approximate surface area is 155 Å². The van der Waals surface area contributed by atoms with Crippen molar-refractivity contribution in [3.63, 3.8) is 0 Å². The molecule has 1 aromatic carbocycles. The van der Waals surface area contributed by atoms with Gasteiger partial charge >= 0.3 is 0 Å². The van der Waals surface area contributed by atoms with Crippen LogP contribution in [0.15, 0.2) is 36.0 Å². The maximum Gasteiger partial charge on any atom is 0.263 e. The van der Waals surface area contributed by atoms with Crippen LogP contribution >= 0.6 is 0 Å². The molecule has 2 atom stereocenters. The van der Waals surface area contributed by atoms with Gasteiger partial charge in [0.1, 0.15) is 11.6 Å². The quantitative estimate of drug-likeness (QED) is 0.606. The summed E-state index contributed by atoms with van der Waals surface area (Å²) in [7, 11) is -1.32. The Morgan fingerprint density at radius 3 is 2.58 bits per heavy atom. The fourth-order valence-corrected chi connectivity index (χ4v) is 4.73. The van der Waals surface area contributed by atoms with Gasteiger partial charge in [-0.05, 0) is 30.9 Å². The second kappa shape index (κ2) is 8.37. The molecular weight excluding hydrogens is 350 g/mol. The SMILES string of the molecule is CCc1ccc(C(C)NC(=O)/C(C#N)=C\N(C)C2CCS(=O)(=O)C2)cc1. The van der Waals surface area contributed by atoms with Gasteiger partial charge in [0.2, 0.25) is 0 Å². The highest BCUT2D eigenvalue weighted by atomic mass is 32.2. The minimum atomic E-state index is -3.02. The van der Waals surface area contributed by atoms with Crippen molar-refractivity contribution in [2.45, 2.75) is 38.8 Å². The zero-order chi connectivity index (χ0) is 19.3. The van der Waals surface area contributed by atoms with Crippen LogP contribution in [0.1, 0.15) is 37.4 Å². The van der Waals surface area contributed by atoms with Crippen LogP contribution in [0.5, 0.6) is 0 Å². The maximum atomic E-state index is 12.4. The fourth-order valence-electron chi connectivity index (χ4n) is 2.94. The standard InChI is InChI=1S/C19H25N3O3S/c1-4-15-5-7-16(8-6-15)14(2)21-19(23)17(11-20)12-22(3)18-9-10-26(24,25)13-18/h5-8,12,14,18H,4,9-10,13H2,1-3H3,(H,21,23)/b17-12-. The van der Waals surface area contributed by atoms with E-state index in [-0.39, 0.29) is 29.2 Å². The lowest BCUT2D eigenvalue weighted by atomic mass is 10.0. The Hall–Kier alpha value is -2.33. The monoisotopic (exact) mass is 375 g/mol. The van der Waals surface area contributed by atoms with Crippen molar-refractivity contribution in [3.05, 3.63) is 47.2 Å². The topological polar surface area (TPSA) is 90.3 Å². The molecule has 1 amide bonds. The molecular formula is C19H25N3O3S. The van der Waals surface area contributed by atoms with Crippen molar-refractivity contribution in [1.82, 2.24) is 10.2 Å². The first-order chi connectivity index (χ1) is 12.3. The van der Waals surface area contributed by atoms with Crippen LogP contribution < -0.4 is 5.32 Å². The van der Waals surface area contributed by atoms with Gasteiger partial charge in [0, 0.05) is 19.3 Å². The molecule has 0 bridgehead atoms. The molecule has 0 spiro atoms. The molecule has 2 rings (SSSR count). The van der Waals surface area contributed by atoms with Crippen LogP contribution in [0.2, 0.25) is 0 Å². The number of hydrogen-bond donors (Lipinski definition) is 1. The van der Waals surface area contributed by atoms with Gasteiger partial charge in [-0.3, -0.25) is 4.79 Å². The number of nitrogens with zero attached hydrogens (tertiary/aromatic N) is 2. The largest absolute Gasteiger partial charge is 0.375 e. The van der Waals surface area contributed by atoms with Gasteiger partial charge in [-0.1, -0.05) is 31.2 Å². The smallest absolute Gasteiger partial charge is 0.263 e. The number of rotatable bonds is 6. The van der Waals surface area contributed by atoms with E-state index in [4.69, 9.17) is 0 Å². The minimum absolute atomic E-state index is 0.0335. The number of aryl methyl sites for hydroxylation is 1. The fraction of sp³-hybridized carbons (Fsp3) is 0.474. The lowest BCUT2D eigenvalue weighted by Gasteiger charge is -2.22.